The number of benzene rings is 1. The number of aromatic nitrogens is 4. The Morgan fingerprint density at radius 3 is 1.94 bits per heavy atom. The Hall–Kier alpha value is -4.85. The Bertz CT molecular complexity index is 1390. The zero-order valence-corrected chi connectivity index (χ0v) is 17.6. The van der Waals surface area contributed by atoms with E-state index in [1.165, 1.54) is 0 Å². The number of hydrogen-bond acceptors (Lipinski definition) is 7. The van der Waals surface area contributed by atoms with E-state index in [1.54, 1.807) is 24.8 Å². The molecule has 5 aromatic rings. The van der Waals surface area contributed by atoms with E-state index in [-0.39, 0.29) is 0 Å². The average Bonchev–Trinajstić information content (AvgIpc) is 3.29. The highest BCUT2D eigenvalue weighted by atomic mass is 15.3. The first-order valence-corrected chi connectivity index (χ1v) is 10.3. The van der Waals surface area contributed by atoms with Gasteiger partial charge in [-0.1, -0.05) is 36.4 Å². The van der Waals surface area contributed by atoms with Crippen LogP contribution in [0.1, 0.15) is 11.1 Å². The number of rotatable bonds is 7. The lowest BCUT2D eigenvalue weighted by atomic mass is 10.1. The Balaban J connectivity index is 1.26. The maximum atomic E-state index is 4.72. The van der Waals surface area contributed by atoms with Crippen LogP contribution in [0, 0.1) is 0 Å². The van der Waals surface area contributed by atoms with Crippen molar-refractivity contribution in [2.24, 2.45) is 10.2 Å². The normalized spacial score (nSPS) is 11.4. The summed E-state index contributed by atoms with van der Waals surface area (Å²) in [5.41, 5.74) is 10.5. The van der Waals surface area contributed by atoms with Crippen molar-refractivity contribution >= 4 is 29.7 Å². The standard InChI is InChI=1S/C25H20N8/c1-3-13-26-23(5-1)31-28-15-19-7-10-21(11-8-19)22-18-33-17-20(9-12-25(33)30-22)16-29-32-24-6-2-4-14-27-24/h1-18H,(H,26,31)(H,27,32)/b28-15+,29-16+. The van der Waals surface area contributed by atoms with E-state index in [4.69, 9.17) is 4.98 Å². The number of nitrogens with one attached hydrogen (secondary N) is 2. The number of hydrogen-bond donors (Lipinski definition) is 2. The van der Waals surface area contributed by atoms with Crippen LogP contribution in [0.2, 0.25) is 0 Å². The van der Waals surface area contributed by atoms with Crippen LogP contribution >= 0.6 is 0 Å². The molecule has 8 nitrogen and oxygen atoms in total. The molecule has 0 saturated heterocycles. The number of nitrogens with zero attached hydrogens (tertiary/aromatic N) is 6. The lowest BCUT2D eigenvalue weighted by Gasteiger charge is -1.99. The minimum Gasteiger partial charge on any atom is -0.306 e. The highest BCUT2D eigenvalue weighted by Gasteiger charge is 2.05. The van der Waals surface area contributed by atoms with Crippen molar-refractivity contribution in [2.45, 2.75) is 0 Å². The number of hydrazone groups is 2. The molecule has 4 aromatic heterocycles. The fraction of sp³-hybridized carbons (Fsp3) is 0. The molecular weight excluding hydrogens is 412 g/mol. The molecule has 0 atom stereocenters. The van der Waals surface area contributed by atoms with E-state index in [2.05, 4.69) is 31.0 Å². The summed E-state index contributed by atoms with van der Waals surface area (Å²) in [5, 5.41) is 8.47. The highest BCUT2D eigenvalue weighted by Crippen LogP contribution is 2.20. The first kappa shape index (κ1) is 20.1. The lowest BCUT2D eigenvalue weighted by molar-refractivity contribution is 1.18. The van der Waals surface area contributed by atoms with E-state index in [0.717, 1.165) is 28.0 Å². The van der Waals surface area contributed by atoms with E-state index >= 15 is 0 Å². The SMILES string of the molecule is C(=N\Nc1ccccn1)/c1ccc(-c2cn3cc(/C=N/Nc4ccccn4)ccc3n2)cc1. The molecule has 0 aliphatic carbocycles. The molecule has 0 aliphatic rings. The van der Waals surface area contributed by atoms with Gasteiger partial charge in [0.1, 0.15) is 17.3 Å². The van der Waals surface area contributed by atoms with Crippen molar-refractivity contribution in [3.8, 4) is 11.3 Å². The Labute approximate surface area is 190 Å². The molecule has 0 bridgehead atoms. The second kappa shape index (κ2) is 9.52. The maximum absolute atomic E-state index is 4.72. The summed E-state index contributed by atoms with van der Waals surface area (Å²) < 4.78 is 1.99. The van der Waals surface area contributed by atoms with E-state index in [1.807, 2.05) is 89.6 Å². The fourth-order valence-corrected chi connectivity index (χ4v) is 3.17. The quantitative estimate of drug-likeness (QED) is 0.288. The summed E-state index contributed by atoms with van der Waals surface area (Å²) in [6.07, 6.45) is 10.9. The predicted molar refractivity (Wildman–Crippen MR) is 132 cm³/mol. The third-order valence-electron chi connectivity index (χ3n) is 4.80. The molecule has 33 heavy (non-hydrogen) atoms. The smallest absolute Gasteiger partial charge is 0.146 e. The Kier molecular flexibility index (Phi) is 5.79. The topological polar surface area (TPSA) is 91.9 Å². The number of anilines is 2. The molecule has 0 radical (unpaired) electrons. The summed E-state index contributed by atoms with van der Waals surface area (Å²) in [6.45, 7) is 0. The van der Waals surface area contributed by atoms with E-state index < -0.39 is 0 Å². The maximum Gasteiger partial charge on any atom is 0.146 e. The summed E-state index contributed by atoms with van der Waals surface area (Å²) in [6, 6.07) is 23.3. The molecule has 8 heteroatoms. The molecule has 5 rings (SSSR count). The minimum atomic E-state index is 0.695. The van der Waals surface area contributed by atoms with Crippen molar-refractivity contribution in [1.82, 2.24) is 19.4 Å². The molecule has 0 amide bonds. The molecule has 0 saturated carbocycles. The second-order valence-corrected chi connectivity index (χ2v) is 7.15. The zero-order valence-electron chi connectivity index (χ0n) is 17.6. The van der Waals surface area contributed by atoms with Gasteiger partial charge in [0.2, 0.25) is 0 Å². The van der Waals surface area contributed by atoms with Gasteiger partial charge in [-0.25, -0.2) is 15.0 Å². The Morgan fingerprint density at radius 2 is 1.30 bits per heavy atom. The Morgan fingerprint density at radius 1 is 0.667 bits per heavy atom. The third-order valence-corrected chi connectivity index (χ3v) is 4.80. The molecule has 4 heterocycles. The number of fused-ring (bicyclic) bond motifs is 1. The molecule has 0 aliphatic heterocycles. The highest BCUT2D eigenvalue weighted by molar-refractivity contribution is 5.82. The largest absolute Gasteiger partial charge is 0.306 e. The van der Waals surface area contributed by atoms with Gasteiger partial charge in [0, 0.05) is 35.9 Å². The van der Waals surface area contributed by atoms with Crippen molar-refractivity contribution in [1.29, 1.82) is 0 Å². The van der Waals surface area contributed by atoms with Crippen LogP contribution in [0.5, 0.6) is 0 Å². The van der Waals surface area contributed by atoms with Gasteiger partial charge in [-0.05, 0) is 42.0 Å². The molecule has 0 spiro atoms. The van der Waals surface area contributed by atoms with Crippen molar-refractivity contribution in [2.75, 3.05) is 10.9 Å². The van der Waals surface area contributed by atoms with Crippen molar-refractivity contribution in [3.63, 3.8) is 0 Å². The van der Waals surface area contributed by atoms with Gasteiger partial charge in [-0.2, -0.15) is 10.2 Å². The summed E-state index contributed by atoms with van der Waals surface area (Å²) >= 11 is 0. The van der Waals surface area contributed by atoms with Crippen LogP contribution in [0.15, 0.2) is 108 Å². The molecule has 160 valence electrons. The van der Waals surface area contributed by atoms with Crippen molar-refractivity contribution in [3.05, 3.63) is 109 Å². The lowest BCUT2D eigenvalue weighted by Crippen LogP contribution is -1.93. The van der Waals surface area contributed by atoms with Crippen LogP contribution in [-0.4, -0.2) is 31.8 Å². The fourth-order valence-electron chi connectivity index (χ4n) is 3.17. The van der Waals surface area contributed by atoms with Gasteiger partial charge < -0.3 is 4.40 Å². The van der Waals surface area contributed by atoms with Crippen LogP contribution < -0.4 is 10.9 Å². The average molecular weight is 432 g/mol. The van der Waals surface area contributed by atoms with Gasteiger partial charge in [0.25, 0.3) is 0 Å². The van der Waals surface area contributed by atoms with Crippen LogP contribution in [0.3, 0.4) is 0 Å². The van der Waals surface area contributed by atoms with Gasteiger partial charge in [-0.15, -0.1) is 0 Å². The van der Waals surface area contributed by atoms with E-state index in [0.29, 0.717) is 11.6 Å². The molecule has 2 N–H and O–H groups in total. The van der Waals surface area contributed by atoms with Gasteiger partial charge >= 0.3 is 0 Å². The number of pyridine rings is 3. The third kappa shape index (κ3) is 5.08. The zero-order chi connectivity index (χ0) is 22.3. The van der Waals surface area contributed by atoms with Crippen molar-refractivity contribution < 1.29 is 0 Å². The summed E-state index contributed by atoms with van der Waals surface area (Å²) in [7, 11) is 0. The first-order chi connectivity index (χ1) is 16.3. The minimum absolute atomic E-state index is 0.695. The summed E-state index contributed by atoms with van der Waals surface area (Å²) in [4.78, 5) is 13.1. The van der Waals surface area contributed by atoms with Crippen LogP contribution in [-0.2, 0) is 0 Å². The summed E-state index contributed by atoms with van der Waals surface area (Å²) in [5.74, 6) is 1.40. The monoisotopic (exact) mass is 432 g/mol. The van der Waals surface area contributed by atoms with Gasteiger partial charge in [-0.3, -0.25) is 10.9 Å². The second-order valence-electron chi connectivity index (χ2n) is 7.15. The predicted octanol–water partition coefficient (Wildman–Crippen LogP) is 4.68. The molecule has 0 fully saturated rings. The van der Waals surface area contributed by atoms with Gasteiger partial charge in [0.05, 0.1) is 18.1 Å². The number of imidazole rings is 1. The van der Waals surface area contributed by atoms with Gasteiger partial charge in [0.15, 0.2) is 0 Å². The molecule has 0 unspecified atom stereocenters. The first-order valence-electron chi connectivity index (χ1n) is 10.3. The van der Waals surface area contributed by atoms with Crippen LogP contribution in [0.4, 0.5) is 11.6 Å². The van der Waals surface area contributed by atoms with E-state index in [9.17, 15) is 0 Å². The van der Waals surface area contributed by atoms with Crippen LogP contribution in [0.25, 0.3) is 16.9 Å². The molecular formula is C25H20N8. The molecule has 1 aromatic carbocycles.